The number of nitrogens with zero attached hydrogens (tertiary/aromatic N) is 2. The fraction of sp³-hybridized carbons (Fsp3) is 0.643. The first-order valence-corrected chi connectivity index (χ1v) is 6.65. The Morgan fingerprint density at radius 1 is 1.22 bits per heavy atom. The topological polar surface area (TPSA) is 56.6 Å². The number of anilines is 1. The molecule has 1 saturated heterocycles. The second-order valence-corrected chi connectivity index (χ2v) is 5.18. The van der Waals surface area contributed by atoms with E-state index >= 15 is 0 Å². The summed E-state index contributed by atoms with van der Waals surface area (Å²) in [6.45, 7) is 5.52. The van der Waals surface area contributed by atoms with E-state index in [1.54, 1.807) is 6.92 Å². The van der Waals surface area contributed by atoms with Gasteiger partial charge in [-0.2, -0.15) is 0 Å². The molecular formula is C14H22N2O2. The van der Waals surface area contributed by atoms with Crippen molar-refractivity contribution in [2.75, 3.05) is 18.0 Å². The molecule has 100 valence electrons. The van der Waals surface area contributed by atoms with Gasteiger partial charge in [0.1, 0.15) is 0 Å². The van der Waals surface area contributed by atoms with Crippen LogP contribution in [0.1, 0.15) is 38.5 Å². The minimum absolute atomic E-state index is 0.206. The third kappa shape index (κ3) is 3.00. The van der Waals surface area contributed by atoms with Crippen molar-refractivity contribution in [3.05, 3.63) is 24.0 Å². The standard InChI is InChI=1S/C14H22N2O2/c1-10(17)12-5-7-16(8-6-12)13-3-4-14(11(2)18)15-9-13/h3-4,9-12,17-18H,5-8H2,1-2H3/t10?,11-/m1/s1. The molecule has 0 saturated carbocycles. The molecule has 1 aliphatic heterocycles. The summed E-state index contributed by atoms with van der Waals surface area (Å²) in [7, 11) is 0. The van der Waals surface area contributed by atoms with Crippen LogP contribution in [0.25, 0.3) is 0 Å². The van der Waals surface area contributed by atoms with Gasteiger partial charge in [0.15, 0.2) is 0 Å². The summed E-state index contributed by atoms with van der Waals surface area (Å²) in [5.41, 5.74) is 1.81. The summed E-state index contributed by atoms with van der Waals surface area (Å²) < 4.78 is 0. The molecule has 1 unspecified atom stereocenters. The van der Waals surface area contributed by atoms with Gasteiger partial charge in [-0.15, -0.1) is 0 Å². The van der Waals surface area contributed by atoms with Crippen molar-refractivity contribution >= 4 is 5.69 Å². The Bertz CT molecular complexity index is 368. The first-order chi connectivity index (χ1) is 8.58. The zero-order chi connectivity index (χ0) is 13.1. The molecule has 4 heteroatoms. The Morgan fingerprint density at radius 2 is 1.89 bits per heavy atom. The third-order valence-electron chi connectivity index (χ3n) is 3.79. The van der Waals surface area contributed by atoms with E-state index in [0.717, 1.165) is 31.6 Å². The van der Waals surface area contributed by atoms with Crippen molar-refractivity contribution in [1.82, 2.24) is 4.98 Å². The molecule has 0 bridgehead atoms. The summed E-state index contributed by atoms with van der Waals surface area (Å²) in [4.78, 5) is 6.56. The largest absolute Gasteiger partial charge is 0.393 e. The van der Waals surface area contributed by atoms with Crippen LogP contribution in [0.15, 0.2) is 18.3 Å². The minimum Gasteiger partial charge on any atom is -0.393 e. The molecule has 0 aromatic carbocycles. The van der Waals surface area contributed by atoms with Crippen molar-refractivity contribution in [3.63, 3.8) is 0 Å². The lowest BCUT2D eigenvalue weighted by atomic mass is 9.92. The van der Waals surface area contributed by atoms with Gasteiger partial charge >= 0.3 is 0 Å². The van der Waals surface area contributed by atoms with E-state index in [-0.39, 0.29) is 6.10 Å². The summed E-state index contributed by atoms with van der Waals surface area (Å²) in [6, 6.07) is 3.89. The quantitative estimate of drug-likeness (QED) is 0.858. The van der Waals surface area contributed by atoms with Gasteiger partial charge in [-0.25, -0.2) is 0 Å². The molecule has 1 aromatic heterocycles. The Kier molecular flexibility index (Phi) is 4.19. The van der Waals surface area contributed by atoms with E-state index in [4.69, 9.17) is 0 Å². The van der Waals surface area contributed by atoms with Crippen LogP contribution in [-0.4, -0.2) is 34.4 Å². The van der Waals surface area contributed by atoms with E-state index in [1.165, 1.54) is 0 Å². The van der Waals surface area contributed by atoms with Crippen LogP contribution >= 0.6 is 0 Å². The second kappa shape index (κ2) is 5.67. The molecule has 2 heterocycles. The number of aromatic nitrogens is 1. The summed E-state index contributed by atoms with van der Waals surface area (Å²) in [5, 5.41) is 19.0. The predicted octanol–water partition coefficient (Wildman–Crippen LogP) is 1.73. The van der Waals surface area contributed by atoms with Crippen molar-refractivity contribution in [1.29, 1.82) is 0 Å². The maximum atomic E-state index is 9.57. The maximum Gasteiger partial charge on any atom is 0.0931 e. The van der Waals surface area contributed by atoms with E-state index in [1.807, 2.05) is 25.3 Å². The number of aliphatic hydroxyl groups is 2. The Balaban J connectivity index is 1.97. The van der Waals surface area contributed by atoms with Gasteiger partial charge in [-0.1, -0.05) is 0 Å². The lowest BCUT2D eigenvalue weighted by molar-refractivity contribution is 0.110. The molecule has 0 aliphatic carbocycles. The zero-order valence-electron chi connectivity index (χ0n) is 11.1. The Labute approximate surface area is 108 Å². The minimum atomic E-state index is -0.514. The third-order valence-corrected chi connectivity index (χ3v) is 3.79. The Morgan fingerprint density at radius 3 is 2.33 bits per heavy atom. The molecule has 0 radical (unpaired) electrons. The van der Waals surface area contributed by atoms with Gasteiger partial charge in [0.2, 0.25) is 0 Å². The number of piperidine rings is 1. The fourth-order valence-corrected chi connectivity index (χ4v) is 2.47. The van der Waals surface area contributed by atoms with Crippen molar-refractivity contribution in [2.45, 2.75) is 38.9 Å². The van der Waals surface area contributed by atoms with Crippen molar-refractivity contribution in [2.24, 2.45) is 5.92 Å². The lowest BCUT2D eigenvalue weighted by Crippen LogP contribution is -2.37. The number of hydrogen-bond donors (Lipinski definition) is 2. The van der Waals surface area contributed by atoms with Crippen molar-refractivity contribution < 1.29 is 10.2 Å². The Hall–Kier alpha value is -1.13. The van der Waals surface area contributed by atoms with E-state index in [9.17, 15) is 10.2 Å². The van der Waals surface area contributed by atoms with Gasteiger partial charge in [0.05, 0.1) is 29.8 Å². The summed E-state index contributed by atoms with van der Waals surface area (Å²) in [6.07, 6.45) is 3.15. The molecule has 2 N–H and O–H groups in total. The highest BCUT2D eigenvalue weighted by atomic mass is 16.3. The number of aliphatic hydroxyl groups excluding tert-OH is 2. The monoisotopic (exact) mass is 250 g/mol. The van der Waals surface area contributed by atoms with Crippen LogP contribution < -0.4 is 4.90 Å². The van der Waals surface area contributed by atoms with Crippen LogP contribution in [0.5, 0.6) is 0 Å². The zero-order valence-corrected chi connectivity index (χ0v) is 11.1. The molecule has 1 aromatic rings. The maximum absolute atomic E-state index is 9.57. The van der Waals surface area contributed by atoms with Crippen LogP contribution in [0.4, 0.5) is 5.69 Å². The first-order valence-electron chi connectivity index (χ1n) is 6.65. The fourth-order valence-electron chi connectivity index (χ4n) is 2.47. The normalized spacial score (nSPS) is 20.8. The molecule has 2 atom stereocenters. The summed E-state index contributed by atoms with van der Waals surface area (Å²) >= 11 is 0. The predicted molar refractivity (Wildman–Crippen MR) is 71.5 cm³/mol. The molecule has 0 amide bonds. The highest BCUT2D eigenvalue weighted by molar-refractivity contribution is 5.45. The average molecular weight is 250 g/mol. The lowest BCUT2D eigenvalue weighted by Gasteiger charge is -2.34. The van der Waals surface area contributed by atoms with Crippen LogP contribution in [-0.2, 0) is 0 Å². The number of rotatable bonds is 3. The van der Waals surface area contributed by atoms with E-state index in [0.29, 0.717) is 11.6 Å². The van der Waals surface area contributed by atoms with Crippen LogP contribution in [0.3, 0.4) is 0 Å². The van der Waals surface area contributed by atoms with Gasteiger partial charge in [-0.3, -0.25) is 4.98 Å². The molecule has 2 rings (SSSR count). The van der Waals surface area contributed by atoms with Gasteiger partial charge < -0.3 is 15.1 Å². The van der Waals surface area contributed by atoms with Crippen LogP contribution in [0, 0.1) is 5.92 Å². The molecule has 18 heavy (non-hydrogen) atoms. The summed E-state index contributed by atoms with van der Waals surface area (Å²) in [5.74, 6) is 0.422. The molecule has 1 aliphatic rings. The SMILES string of the molecule is CC(O)C1CCN(c2ccc([C@@H](C)O)nc2)CC1. The van der Waals surface area contributed by atoms with Crippen molar-refractivity contribution in [3.8, 4) is 0 Å². The first kappa shape index (κ1) is 13.3. The molecule has 0 spiro atoms. The second-order valence-electron chi connectivity index (χ2n) is 5.18. The average Bonchev–Trinajstić information content (AvgIpc) is 2.39. The molecular weight excluding hydrogens is 228 g/mol. The number of hydrogen-bond acceptors (Lipinski definition) is 4. The van der Waals surface area contributed by atoms with Gasteiger partial charge in [-0.05, 0) is 44.7 Å². The van der Waals surface area contributed by atoms with Crippen LogP contribution in [0.2, 0.25) is 0 Å². The van der Waals surface area contributed by atoms with E-state index in [2.05, 4.69) is 9.88 Å². The van der Waals surface area contributed by atoms with Gasteiger partial charge in [0.25, 0.3) is 0 Å². The smallest absolute Gasteiger partial charge is 0.0931 e. The van der Waals surface area contributed by atoms with E-state index < -0.39 is 6.10 Å². The van der Waals surface area contributed by atoms with Gasteiger partial charge in [0, 0.05) is 13.1 Å². The molecule has 4 nitrogen and oxygen atoms in total. The molecule has 1 fully saturated rings. The highest BCUT2D eigenvalue weighted by Crippen LogP contribution is 2.25. The number of pyridine rings is 1. The highest BCUT2D eigenvalue weighted by Gasteiger charge is 2.22.